The van der Waals surface area contributed by atoms with E-state index in [0.717, 1.165) is 48.2 Å². The number of nitrogens with zero attached hydrogens (tertiary/aromatic N) is 4. The number of nitrogens with one attached hydrogen (secondary N) is 2. The number of rotatable bonds is 26. The molecule has 7 atom stereocenters. The van der Waals surface area contributed by atoms with Crippen LogP contribution in [0, 0.1) is 5.41 Å². The van der Waals surface area contributed by atoms with Crippen molar-refractivity contribution in [1.29, 1.82) is 0 Å². The van der Waals surface area contributed by atoms with Crippen LogP contribution in [0.1, 0.15) is 65.5 Å². The molecule has 0 radical (unpaired) electrons. The van der Waals surface area contributed by atoms with Crippen LogP contribution < -0.4 is 16.4 Å². The van der Waals surface area contributed by atoms with Gasteiger partial charge in [0.2, 0.25) is 11.8 Å². The van der Waals surface area contributed by atoms with E-state index in [0.29, 0.717) is 25.2 Å². The van der Waals surface area contributed by atoms with Gasteiger partial charge in [0.05, 0.1) is 26.1 Å². The van der Waals surface area contributed by atoms with Gasteiger partial charge >= 0.3 is 29.4 Å². The molecule has 1 saturated heterocycles. The molecule has 2 amide bonds. The molecular weight excluding hydrogens is 887 g/mol. The van der Waals surface area contributed by atoms with E-state index in [2.05, 4.69) is 34.4 Å². The maximum Gasteiger partial charge on any atom is 0.481 e. The molecule has 1 aliphatic heterocycles. The zero-order chi connectivity index (χ0) is 44.9. The van der Waals surface area contributed by atoms with Crippen LogP contribution in [0.5, 0.6) is 0 Å². The molecule has 1 fully saturated rings. The summed E-state index contributed by atoms with van der Waals surface area (Å²) < 4.78 is 67.0. The van der Waals surface area contributed by atoms with Gasteiger partial charge in [0.15, 0.2) is 22.8 Å². The summed E-state index contributed by atoms with van der Waals surface area (Å²) in [7, 11) is -16.4. The first-order chi connectivity index (χ1) is 27.9. The summed E-state index contributed by atoms with van der Waals surface area (Å²) in [6, 6.07) is 0. The van der Waals surface area contributed by atoms with E-state index in [-0.39, 0.29) is 47.6 Å². The van der Waals surface area contributed by atoms with Gasteiger partial charge in [0.1, 0.15) is 36.3 Å². The number of ether oxygens (including phenoxy) is 2. The molecule has 2 unspecified atom stereocenters. The Kier molecular flexibility index (Phi) is 19.6. The summed E-state index contributed by atoms with van der Waals surface area (Å²) in [5, 5.41) is 26.4. The third kappa shape index (κ3) is 17.1. The fraction of sp³-hybridized carbons (Fsp3) is 0.700. The molecule has 0 aromatic carbocycles. The summed E-state index contributed by atoms with van der Waals surface area (Å²) in [6.07, 6.45) is -3.56. The Morgan fingerprint density at radius 3 is 2.35 bits per heavy atom. The van der Waals surface area contributed by atoms with Gasteiger partial charge in [-0.05, 0) is 12.8 Å². The number of esters is 1. The Morgan fingerprint density at radius 1 is 0.983 bits per heavy atom. The second-order valence-corrected chi connectivity index (χ2v) is 19.2. The summed E-state index contributed by atoms with van der Waals surface area (Å²) in [4.78, 5) is 98.5. The van der Waals surface area contributed by atoms with Gasteiger partial charge < -0.3 is 55.6 Å². The standard InChI is InChI=1S/C30H50N7O19P3S/c1-18(38)51-12-7-5-4-6-8-21(40)60-13-11-32-20(39)9-10-33-28(43)25(42)30(2,3)15-53-59(49,50)56-58(47,48)52-14-19-24(55-57(44,45)46)23(41)29(54-19)37-17-36-22-26(31)34-16-35-27(22)37/h16-17,19,23-25,29,41-42H,4-15H2,1-3H3,(H,32,39)(H,33,43)(H,47,48)(H,49,50)(H2,31,34,35)(H2,44,45,46)/t19-,23-,24-,25+,29-/m1/s1. The molecule has 2 aromatic heterocycles. The molecule has 26 nitrogen and oxygen atoms in total. The summed E-state index contributed by atoms with van der Waals surface area (Å²) in [6.45, 7) is 2.12. The molecule has 0 bridgehead atoms. The number of nitrogen functional groups attached to an aromatic ring is 1. The van der Waals surface area contributed by atoms with Crippen molar-refractivity contribution in [3.63, 3.8) is 0 Å². The summed E-state index contributed by atoms with van der Waals surface area (Å²) >= 11 is 1.07. The van der Waals surface area contributed by atoms with Crippen molar-refractivity contribution >= 4 is 75.1 Å². The van der Waals surface area contributed by atoms with Crippen molar-refractivity contribution in [2.24, 2.45) is 5.41 Å². The lowest BCUT2D eigenvalue weighted by atomic mass is 9.87. The maximum atomic E-state index is 12.7. The smallest absolute Gasteiger partial charge is 0.466 e. The summed E-state index contributed by atoms with van der Waals surface area (Å²) in [5.74, 6) is -1.49. The van der Waals surface area contributed by atoms with Gasteiger partial charge in [-0.1, -0.05) is 38.5 Å². The largest absolute Gasteiger partial charge is 0.481 e. The lowest BCUT2D eigenvalue weighted by molar-refractivity contribution is -0.141. The van der Waals surface area contributed by atoms with Crippen LogP contribution >= 0.6 is 35.2 Å². The highest BCUT2D eigenvalue weighted by Gasteiger charge is 2.50. The number of carbonyl (C=O) groups excluding carboxylic acids is 4. The number of aliphatic hydroxyl groups is 2. The number of anilines is 1. The van der Waals surface area contributed by atoms with Gasteiger partial charge in [-0.3, -0.25) is 37.3 Å². The summed E-state index contributed by atoms with van der Waals surface area (Å²) in [5.41, 5.74) is 4.24. The third-order valence-corrected chi connectivity index (χ3v) is 12.4. The molecular formula is C30H50N7O19P3S. The fourth-order valence-electron chi connectivity index (χ4n) is 5.31. The van der Waals surface area contributed by atoms with E-state index in [1.54, 1.807) is 0 Å². The maximum absolute atomic E-state index is 12.7. The first-order valence-corrected chi connectivity index (χ1v) is 23.6. The Labute approximate surface area is 347 Å². The number of unbranched alkanes of at least 4 members (excludes halogenated alkanes) is 3. The average Bonchev–Trinajstić information content (AvgIpc) is 3.70. The number of aromatic nitrogens is 4. The van der Waals surface area contributed by atoms with Crippen LogP contribution in [0.2, 0.25) is 0 Å². The van der Waals surface area contributed by atoms with E-state index in [1.807, 2.05) is 0 Å². The monoisotopic (exact) mass is 937 g/mol. The highest BCUT2D eigenvalue weighted by atomic mass is 32.2. The van der Waals surface area contributed by atoms with E-state index in [1.165, 1.54) is 20.8 Å². The van der Waals surface area contributed by atoms with Gasteiger partial charge in [-0.2, -0.15) is 4.31 Å². The Bertz CT molecular complexity index is 1940. The van der Waals surface area contributed by atoms with Crippen LogP contribution in [0.4, 0.5) is 5.82 Å². The predicted molar refractivity (Wildman–Crippen MR) is 207 cm³/mol. The molecule has 3 rings (SSSR count). The van der Waals surface area contributed by atoms with E-state index in [9.17, 15) is 62.7 Å². The molecule has 3 heterocycles. The molecule has 10 N–H and O–H groups in total. The number of hydrogen-bond acceptors (Lipinski definition) is 20. The second kappa shape index (κ2) is 22.9. The van der Waals surface area contributed by atoms with Crippen molar-refractivity contribution in [3.8, 4) is 0 Å². The van der Waals surface area contributed by atoms with E-state index in [4.69, 9.17) is 24.3 Å². The zero-order valence-corrected chi connectivity index (χ0v) is 36.1. The average molecular weight is 938 g/mol. The van der Waals surface area contributed by atoms with Gasteiger partial charge in [-0.15, -0.1) is 0 Å². The molecule has 30 heteroatoms. The molecule has 340 valence electrons. The molecule has 60 heavy (non-hydrogen) atoms. The lowest BCUT2D eigenvalue weighted by Crippen LogP contribution is -2.46. The minimum Gasteiger partial charge on any atom is -0.466 e. The van der Waals surface area contributed by atoms with E-state index < -0.39 is 84.6 Å². The topological polar surface area (TPSA) is 390 Å². The first kappa shape index (κ1) is 51.4. The number of phosphoric acid groups is 3. The van der Waals surface area contributed by atoms with Crippen LogP contribution in [0.3, 0.4) is 0 Å². The van der Waals surface area contributed by atoms with Crippen molar-refractivity contribution < 1.29 is 90.0 Å². The quantitative estimate of drug-likeness (QED) is 0.0345. The van der Waals surface area contributed by atoms with Crippen LogP contribution in [0.15, 0.2) is 12.7 Å². The minimum absolute atomic E-state index is 0.0257. The number of thioether (sulfide) groups is 1. The number of carbonyl (C=O) groups is 4. The SMILES string of the molecule is CC(=O)OCCCCCCC(=O)SCCNC(=O)CCNC(=O)[C@H](O)C(C)(C)COP(=O)(O)OP(=O)(O)OC[C@H]1O[C@@H](n2cnc3c(N)ncnc32)[C@H](O)[C@@H]1OP(=O)(O)O. The third-order valence-electron chi connectivity index (χ3n) is 8.35. The number of aliphatic hydroxyl groups excluding tert-OH is 2. The predicted octanol–water partition coefficient (Wildman–Crippen LogP) is 0.178. The Morgan fingerprint density at radius 2 is 1.67 bits per heavy atom. The van der Waals surface area contributed by atoms with Gasteiger partial charge in [-0.25, -0.2) is 28.6 Å². The molecule has 2 aromatic rings. The number of hydrogen-bond donors (Lipinski definition) is 9. The molecule has 0 saturated carbocycles. The number of phosphoric ester groups is 3. The zero-order valence-electron chi connectivity index (χ0n) is 32.6. The molecule has 0 spiro atoms. The second-order valence-electron chi connectivity index (χ2n) is 13.8. The highest BCUT2D eigenvalue weighted by Crippen LogP contribution is 2.61. The van der Waals surface area contributed by atoms with Crippen LogP contribution in [-0.4, -0.2) is 135 Å². The van der Waals surface area contributed by atoms with Crippen molar-refractivity contribution in [2.75, 3.05) is 44.4 Å². The van der Waals surface area contributed by atoms with Gasteiger partial charge in [0.25, 0.3) is 0 Å². The van der Waals surface area contributed by atoms with E-state index >= 15 is 0 Å². The van der Waals surface area contributed by atoms with Crippen molar-refractivity contribution in [3.05, 3.63) is 12.7 Å². The van der Waals surface area contributed by atoms with Crippen molar-refractivity contribution in [2.45, 2.75) is 89.9 Å². The number of nitrogens with two attached hydrogens (primary N) is 1. The molecule has 0 aliphatic carbocycles. The Balaban J connectivity index is 1.40. The normalized spacial score (nSPS) is 20.9. The fourth-order valence-corrected chi connectivity index (χ4v) is 8.86. The van der Waals surface area contributed by atoms with Crippen LogP contribution in [-0.2, 0) is 60.2 Å². The number of imidazole rings is 1. The van der Waals surface area contributed by atoms with Crippen LogP contribution in [0.25, 0.3) is 11.2 Å². The number of fused-ring (bicyclic) bond motifs is 1. The lowest BCUT2D eigenvalue weighted by Gasteiger charge is -2.30. The highest BCUT2D eigenvalue weighted by molar-refractivity contribution is 8.13. The Hall–Kier alpha value is -2.97. The van der Waals surface area contributed by atoms with Crippen molar-refractivity contribution in [1.82, 2.24) is 30.2 Å². The molecule has 1 aliphatic rings. The first-order valence-electron chi connectivity index (χ1n) is 18.1. The minimum atomic E-state index is -5.58. The number of amides is 2. The van der Waals surface area contributed by atoms with Gasteiger partial charge in [0, 0.05) is 44.0 Å².